The Bertz CT molecular complexity index is 883. The van der Waals surface area contributed by atoms with Gasteiger partial charge in [0.05, 0.1) is 5.69 Å². The zero-order valence-electron chi connectivity index (χ0n) is 13.4. The summed E-state index contributed by atoms with van der Waals surface area (Å²) in [4.78, 5) is 20.1. The normalized spacial score (nSPS) is 18.2. The van der Waals surface area contributed by atoms with Gasteiger partial charge in [-0.25, -0.2) is 9.37 Å². The second-order valence-corrected chi connectivity index (χ2v) is 7.24. The van der Waals surface area contributed by atoms with Crippen molar-refractivity contribution in [2.45, 2.75) is 19.8 Å². The molecule has 3 heterocycles. The van der Waals surface area contributed by atoms with Gasteiger partial charge < -0.3 is 4.90 Å². The Kier molecular flexibility index (Phi) is 3.84. The predicted octanol–water partition coefficient (Wildman–Crippen LogP) is 4.07. The van der Waals surface area contributed by atoms with Gasteiger partial charge in [-0.05, 0) is 43.0 Å². The van der Waals surface area contributed by atoms with Crippen LogP contribution in [0.15, 0.2) is 35.8 Å². The van der Waals surface area contributed by atoms with Gasteiger partial charge >= 0.3 is 0 Å². The van der Waals surface area contributed by atoms with Crippen molar-refractivity contribution in [3.05, 3.63) is 47.4 Å². The number of halogens is 1. The average molecular weight is 343 g/mol. The standard InChI is InChI=1S/C18H18FN3OS/c1-12-3-2-8-21(9-12)17(23)16-11-24-18-20-15(10-22(16)18)13-4-6-14(19)7-5-13/h4-7,10-12H,2-3,8-9H2,1H3. The Morgan fingerprint density at radius 1 is 1.33 bits per heavy atom. The summed E-state index contributed by atoms with van der Waals surface area (Å²) in [5.74, 6) is 0.347. The molecule has 0 aliphatic carbocycles. The van der Waals surface area contributed by atoms with E-state index in [4.69, 9.17) is 0 Å². The number of imidazole rings is 1. The van der Waals surface area contributed by atoms with E-state index in [-0.39, 0.29) is 11.7 Å². The van der Waals surface area contributed by atoms with Crippen LogP contribution in [0.2, 0.25) is 0 Å². The number of benzene rings is 1. The Morgan fingerprint density at radius 3 is 2.88 bits per heavy atom. The lowest BCUT2D eigenvalue weighted by Crippen LogP contribution is -2.39. The number of fused-ring (bicyclic) bond motifs is 1. The maximum Gasteiger partial charge on any atom is 0.271 e. The summed E-state index contributed by atoms with van der Waals surface area (Å²) in [5.41, 5.74) is 2.25. The van der Waals surface area contributed by atoms with E-state index in [1.165, 1.54) is 29.9 Å². The van der Waals surface area contributed by atoms with Crippen LogP contribution in [-0.4, -0.2) is 33.3 Å². The van der Waals surface area contributed by atoms with Gasteiger partial charge in [0.1, 0.15) is 11.5 Å². The van der Waals surface area contributed by atoms with Gasteiger partial charge in [-0.1, -0.05) is 6.92 Å². The maximum atomic E-state index is 13.1. The summed E-state index contributed by atoms with van der Waals surface area (Å²) < 4.78 is 14.9. The Morgan fingerprint density at radius 2 is 2.12 bits per heavy atom. The van der Waals surface area contributed by atoms with Crippen LogP contribution >= 0.6 is 11.3 Å². The smallest absolute Gasteiger partial charge is 0.271 e. The molecule has 0 saturated carbocycles. The number of rotatable bonds is 2. The molecule has 1 aliphatic rings. The average Bonchev–Trinajstić information content (AvgIpc) is 3.15. The van der Waals surface area contributed by atoms with Gasteiger partial charge in [-0.15, -0.1) is 11.3 Å². The molecule has 1 fully saturated rings. The highest BCUT2D eigenvalue weighted by Crippen LogP contribution is 2.25. The quantitative estimate of drug-likeness (QED) is 0.703. The topological polar surface area (TPSA) is 37.6 Å². The van der Waals surface area contributed by atoms with Crippen LogP contribution in [0.25, 0.3) is 16.2 Å². The minimum Gasteiger partial charge on any atom is -0.337 e. The zero-order chi connectivity index (χ0) is 16.7. The molecule has 4 rings (SSSR count). The molecule has 1 atom stereocenters. The Hall–Kier alpha value is -2.21. The fraction of sp³-hybridized carbons (Fsp3) is 0.333. The second-order valence-electron chi connectivity index (χ2n) is 6.41. The Balaban J connectivity index is 1.67. The summed E-state index contributed by atoms with van der Waals surface area (Å²) in [6.07, 6.45) is 4.10. The number of piperidine rings is 1. The first-order valence-corrected chi connectivity index (χ1v) is 9.01. The number of thiazole rings is 1. The van der Waals surface area contributed by atoms with E-state index < -0.39 is 0 Å². The van der Waals surface area contributed by atoms with E-state index in [0.29, 0.717) is 11.6 Å². The van der Waals surface area contributed by atoms with E-state index in [9.17, 15) is 9.18 Å². The summed E-state index contributed by atoms with van der Waals surface area (Å²) in [5, 5.41) is 1.87. The lowest BCUT2D eigenvalue weighted by atomic mass is 10.0. The fourth-order valence-corrected chi connectivity index (χ4v) is 4.08. The molecule has 0 N–H and O–H groups in total. The van der Waals surface area contributed by atoms with Crippen molar-refractivity contribution in [1.82, 2.24) is 14.3 Å². The summed E-state index contributed by atoms with van der Waals surface area (Å²) >= 11 is 1.46. The van der Waals surface area contributed by atoms with Crippen molar-refractivity contribution >= 4 is 22.2 Å². The van der Waals surface area contributed by atoms with Gasteiger partial charge in [0.15, 0.2) is 4.96 Å². The molecule has 4 nitrogen and oxygen atoms in total. The van der Waals surface area contributed by atoms with Gasteiger partial charge in [0.25, 0.3) is 5.91 Å². The maximum absolute atomic E-state index is 13.1. The SMILES string of the molecule is CC1CCCN(C(=O)c2csc3nc(-c4ccc(F)cc4)cn23)C1. The lowest BCUT2D eigenvalue weighted by molar-refractivity contribution is 0.0676. The molecule has 24 heavy (non-hydrogen) atoms. The molecular formula is C18H18FN3OS. The van der Waals surface area contributed by atoms with Gasteiger partial charge in [-0.3, -0.25) is 9.20 Å². The van der Waals surface area contributed by atoms with E-state index in [2.05, 4.69) is 11.9 Å². The number of aromatic nitrogens is 2. The molecule has 0 spiro atoms. The number of nitrogens with zero attached hydrogens (tertiary/aromatic N) is 3. The van der Waals surface area contributed by atoms with Gasteiger partial charge in [0, 0.05) is 30.2 Å². The summed E-state index contributed by atoms with van der Waals surface area (Å²) in [6.45, 7) is 3.82. The lowest BCUT2D eigenvalue weighted by Gasteiger charge is -2.30. The van der Waals surface area contributed by atoms with Gasteiger partial charge in [0.2, 0.25) is 0 Å². The highest BCUT2D eigenvalue weighted by atomic mass is 32.1. The van der Waals surface area contributed by atoms with Crippen LogP contribution in [0.3, 0.4) is 0 Å². The van der Waals surface area contributed by atoms with Crippen molar-refractivity contribution in [1.29, 1.82) is 0 Å². The molecule has 0 bridgehead atoms. The molecule has 3 aromatic rings. The molecule has 1 amide bonds. The number of hydrogen-bond acceptors (Lipinski definition) is 3. The molecule has 1 unspecified atom stereocenters. The molecule has 124 valence electrons. The van der Waals surface area contributed by atoms with Crippen molar-refractivity contribution in [3.63, 3.8) is 0 Å². The first-order chi connectivity index (χ1) is 11.6. The number of carbonyl (C=O) groups excluding carboxylic acids is 1. The van der Waals surface area contributed by atoms with Crippen LogP contribution in [-0.2, 0) is 0 Å². The molecule has 0 radical (unpaired) electrons. The third kappa shape index (κ3) is 2.71. The fourth-order valence-electron chi connectivity index (χ4n) is 3.23. The molecule has 6 heteroatoms. The van der Waals surface area contributed by atoms with Crippen LogP contribution in [0.5, 0.6) is 0 Å². The summed E-state index contributed by atoms with van der Waals surface area (Å²) in [7, 11) is 0. The molecule has 2 aromatic heterocycles. The van der Waals surface area contributed by atoms with E-state index in [0.717, 1.165) is 35.7 Å². The first kappa shape index (κ1) is 15.3. The van der Waals surface area contributed by atoms with Crippen LogP contribution < -0.4 is 0 Å². The summed E-state index contributed by atoms with van der Waals surface area (Å²) in [6, 6.07) is 6.25. The number of likely N-dealkylation sites (tertiary alicyclic amines) is 1. The first-order valence-electron chi connectivity index (χ1n) is 8.13. The number of carbonyl (C=O) groups is 1. The number of hydrogen-bond donors (Lipinski definition) is 0. The minimum atomic E-state index is -0.269. The molecular weight excluding hydrogens is 325 g/mol. The third-order valence-corrected chi connectivity index (χ3v) is 5.35. The predicted molar refractivity (Wildman–Crippen MR) is 92.8 cm³/mol. The third-order valence-electron chi connectivity index (χ3n) is 4.51. The molecule has 1 saturated heterocycles. The second kappa shape index (κ2) is 6.02. The highest BCUT2D eigenvalue weighted by molar-refractivity contribution is 7.15. The number of amides is 1. The minimum absolute atomic E-state index is 0.0656. The van der Waals surface area contributed by atoms with Crippen molar-refractivity contribution in [2.75, 3.05) is 13.1 Å². The monoisotopic (exact) mass is 343 g/mol. The van der Waals surface area contributed by atoms with Crippen molar-refractivity contribution < 1.29 is 9.18 Å². The van der Waals surface area contributed by atoms with E-state index >= 15 is 0 Å². The molecule has 1 aliphatic heterocycles. The van der Waals surface area contributed by atoms with Crippen molar-refractivity contribution in [3.8, 4) is 11.3 Å². The van der Waals surface area contributed by atoms with Crippen molar-refractivity contribution in [2.24, 2.45) is 5.92 Å². The molecule has 1 aromatic carbocycles. The van der Waals surface area contributed by atoms with Crippen LogP contribution in [0.4, 0.5) is 4.39 Å². The van der Waals surface area contributed by atoms with E-state index in [1.807, 2.05) is 20.9 Å². The highest BCUT2D eigenvalue weighted by Gasteiger charge is 2.24. The zero-order valence-corrected chi connectivity index (χ0v) is 14.2. The van der Waals surface area contributed by atoms with Gasteiger partial charge in [-0.2, -0.15) is 0 Å². The van der Waals surface area contributed by atoms with E-state index in [1.54, 1.807) is 12.1 Å². The largest absolute Gasteiger partial charge is 0.337 e. The van der Waals surface area contributed by atoms with Crippen LogP contribution in [0.1, 0.15) is 30.3 Å². The Labute approximate surface area is 143 Å². The van der Waals surface area contributed by atoms with Crippen LogP contribution in [0, 0.1) is 11.7 Å².